The number of ether oxygens (including phenoxy) is 3. The summed E-state index contributed by atoms with van der Waals surface area (Å²) in [6.45, 7) is 3.50. The van der Waals surface area contributed by atoms with E-state index in [4.69, 9.17) is 14.2 Å². The van der Waals surface area contributed by atoms with Gasteiger partial charge >= 0.3 is 6.01 Å². The number of piperidine rings is 1. The molecule has 0 aromatic carbocycles. The third-order valence-corrected chi connectivity index (χ3v) is 5.13. The lowest BCUT2D eigenvalue weighted by molar-refractivity contribution is -0.145. The third kappa shape index (κ3) is 3.49. The highest BCUT2D eigenvalue weighted by Crippen LogP contribution is 2.41. The Morgan fingerprint density at radius 1 is 1.16 bits per heavy atom. The molecule has 1 aromatic heterocycles. The third-order valence-electron chi connectivity index (χ3n) is 5.13. The molecule has 138 valence electrons. The number of amides is 1. The Balaban J connectivity index is 1.77. The van der Waals surface area contributed by atoms with Crippen molar-refractivity contribution in [2.75, 3.05) is 59.0 Å². The number of carbonyl (C=O) groups excluding carboxylic acids is 1. The van der Waals surface area contributed by atoms with Crippen molar-refractivity contribution < 1.29 is 19.0 Å². The summed E-state index contributed by atoms with van der Waals surface area (Å²) in [7, 11) is 4.76. The summed E-state index contributed by atoms with van der Waals surface area (Å²) in [5, 5.41) is 0. The smallest absolute Gasteiger partial charge is 0.321 e. The number of methoxy groups -OCH3 is 3. The van der Waals surface area contributed by atoms with Gasteiger partial charge in [-0.3, -0.25) is 4.79 Å². The number of hydrogen-bond donors (Lipinski definition) is 0. The topological polar surface area (TPSA) is 77.0 Å². The minimum absolute atomic E-state index is 0.242. The lowest BCUT2D eigenvalue weighted by Gasteiger charge is -2.39. The Kier molecular flexibility index (Phi) is 5.27. The minimum Gasteiger partial charge on any atom is -0.481 e. The van der Waals surface area contributed by atoms with Crippen molar-refractivity contribution in [3.8, 4) is 11.9 Å². The van der Waals surface area contributed by atoms with Gasteiger partial charge in [-0.05, 0) is 19.3 Å². The number of carbonyl (C=O) groups is 1. The fourth-order valence-electron chi connectivity index (χ4n) is 3.76. The molecule has 0 saturated carbocycles. The van der Waals surface area contributed by atoms with Crippen molar-refractivity contribution in [2.24, 2.45) is 5.41 Å². The maximum absolute atomic E-state index is 13.0. The van der Waals surface area contributed by atoms with E-state index in [-0.39, 0.29) is 17.3 Å². The molecular formula is C17H26N4O4. The van der Waals surface area contributed by atoms with Crippen LogP contribution in [0, 0.1) is 5.41 Å². The van der Waals surface area contributed by atoms with Gasteiger partial charge in [-0.2, -0.15) is 9.97 Å². The molecule has 2 aliphatic rings. The molecule has 0 radical (unpaired) electrons. The molecule has 8 nitrogen and oxygen atoms in total. The number of nitrogens with zero attached hydrogens (tertiary/aromatic N) is 4. The summed E-state index contributed by atoms with van der Waals surface area (Å²) in [5.41, 5.74) is -0.322. The van der Waals surface area contributed by atoms with Crippen LogP contribution in [0.5, 0.6) is 11.9 Å². The zero-order valence-electron chi connectivity index (χ0n) is 15.2. The zero-order chi connectivity index (χ0) is 17.9. The van der Waals surface area contributed by atoms with E-state index in [2.05, 4.69) is 14.9 Å². The van der Waals surface area contributed by atoms with Gasteiger partial charge in [0.15, 0.2) is 0 Å². The van der Waals surface area contributed by atoms with E-state index in [1.54, 1.807) is 20.3 Å². The van der Waals surface area contributed by atoms with Crippen LogP contribution in [-0.4, -0.2) is 74.9 Å². The normalized spacial score (nSPS) is 23.4. The van der Waals surface area contributed by atoms with E-state index in [0.717, 1.165) is 38.2 Å². The zero-order valence-corrected chi connectivity index (χ0v) is 15.2. The maximum atomic E-state index is 13.0. The van der Waals surface area contributed by atoms with Crippen LogP contribution < -0.4 is 14.4 Å². The lowest BCUT2D eigenvalue weighted by Crippen LogP contribution is -2.51. The summed E-state index contributed by atoms with van der Waals surface area (Å²) < 4.78 is 15.5. The van der Waals surface area contributed by atoms with Crippen molar-refractivity contribution >= 4 is 11.7 Å². The molecule has 25 heavy (non-hydrogen) atoms. The second-order valence-corrected chi connectivity index (χ2v) is 6.60. The number of rotatable bonds is 6. The van der Waals surface area contributed by atoms with Crippen LogP contribution in [0.2, 0.25) is 0 Å². The molecule has 8 heteroatoms. The molecule has 0 N–H and O–H groups in total. The average molecular weight is 350 g/mol. The van der Waals surface area contributed by atoms with E-state index in [1.807, 2.05) is 4.90 Å². The lowest BCUT2D eigenvalue weighted by atomic mass is 9.78. The molecule has 2 saturated heterocycles. The van der Waals surface area contributed by atoms with E-state index in [0.29, 0.717) is 25.6 Å². The fraction of sp³-hybridized carbons (Fsp3) is 0.706. The SMILES string of the molecule is COCCN1CCCC2(CCN(c3cc(OC)nc(OC)n3)C2)C1=O. The van der Waals surface area contributed by atoms with Crippen molar-refractivity contribution in [2.45, 2.75) is 19.3 Å². The Bertz CT molecular complexity index is 604. The molecule has 1 aromatic rings. The maximum Gasteiger partial charge on any atom is 0.321 e. The molecule has 1 spiro atoms. The van der Waals surface area contributed by atoms with Crippen molar-refractivity contribution in [3.05, 3.63) is 6.07 Å². The van der Waals surface area contributed by atoms with Crippen LogP contribution in [0.4, 0.5) is 5.82 Å². The van der Waals surface area contributed by atoms with Crippen molar-refractivity contribution in [3.63, 3.8) is 0 Å². The first kappa shape index (κ1) is 17.7. The highest BCUT2D eigenvalue weighted by atomic mass is 16.5. The highest BCUT2D eigenvalue weighted by Gasteiger charge is 2.48. The second-order valence-electron chi connectivity index (χ2n) is 6.60. The summed E-state index contributed by atoms with van der Waals surface area (Å²) in [6, 6.07) is 2.06. The molecule has 2 fully saturated rings. The Morgan fingerprint density at radius 2 is 2.00 bits per heavy atom. The van der Waals surface area contributed by atoms with Crippen LogP contribution in [0.15, 0.2) is 6.07 Å². The van der Waals surface area contributed by atoms with Gasteiger partial charge in [-0.15, -0.1) is 0 Å². The average Bonchev–Trinajstić information content (AvgIpc) is 3.07. The second kappa shape index (κ2) is 7.43. The Morgan fingerprint density at radius 3 is 2.72 bits per heavy atom. The van der Waals surface area contributed by atoms with E-state index in [9.17, 15) is 4.79 Å². The van der Waals surface area contributed by atoms with Gasteiger partial charge in [-0.25, -0.2) is 0 Å². The number of hydrogen-bond acceptors (Lipinski definition) is 7. The number of anilines is 1. The van der Waals surface area contributed by atoms with Gasteiger partial charge < -0.3 is 24.0 Å². The summed E-state index contributed by atoms with van der Waals surface area (Å²) in [4.78, 5) is 25.7. The van der Waals surface area contributed by atoms with Crippen LogP contribution in [-0.2, 0) is 9.53 Å². The first-order valence-corrected chi connectivity index (χ1v) is 8.62. The molecule has 0 bridgehead atoms. The molecule has 0 aliphatic carbocycles. The molecule has 3 rings (SSSR count). The summed E-state index contributed by atoms with van der Waals surface area (Å²) in [6.07, 6.45) is 2.79. The summed E-state index contributed by atoms with van der Waals surface area (Å²) in [5.74, 6) is 1.44. The van der Waals surface area contributed by atoms with Gasteiger partial charge in [0.2, 0.25) is 11.8 Å². The monoisotopic (exact) mass is 350 g/mol. The molecular weight excluding hydrogens is 324 g/mol. The van der Waals surface area contributed by atoms with Crippen molar-refractivity contribution in [1.82, 2.24) is 14.9 Å². The van der Waals surface area contributed by atoms with Crippen LogP contribution in [0.3, 0.4) is 0 Å². The number of aromatic nitrogens is 2. The molecule has 1 amide bonds. The van der Waals surface area contributed by atoms with Gasteiger partial charge in [0, 0.05) is 39.4 Å². The first-order valence-electron chi connectivity index (χ1n) is 8.62. The first-order chi connectivity index (χ1) is 12.1. The highest BCUT2D eigenvalue weighted by molar-refractivity contribution is 5.85. The summed E-state index contributed by atoms with van der Waals surface area (Å²) >= 11 is 0. The van der Waals surface area contributed by atoms with E-state index in [1.165, 1.54) is 7.11 Å². The Labute approximate surface area is 148 Å². The Hall–Kier alpha value is -2.09. The van der Waals surface area contributed by atoms with Gasteiger partial charge in [0.25, 0.3) is 0 Å². The van der Waals surface area contributed by atoms with Gasteiger partial charge in [0.05, 0.1) is 26.2 Å². The van der Waals surface area contributed by atoms with Crippen molar-refractivity contribution in [1.29, 1.82) is 0 Å². The van der Waals surface area contributed by atoms with Crippen LogP contribution in [0.1, 0.15) is 19.3 Å². The largest absolute Gasteiger partial charge is 0.481 e. The van der Waals surface area contributed by atoms with Gasteiger partial charge in [-0.1, -0.05) is 0 Å². The van der Waals surface area contributed by atoms with E-state index < -0.39 is 0 Å². The van der Waals surface area contributed by atoms with Gasteiger partial charge in [0.1, 0.15) is 5.82 Å². The molecule has 1 atom stereocenters. The molecule has 2 aliphatic heterocycles. The predicted molar refractivity (Wildman–Crippen MR) is 92.1 cm³/mol. The number of likely N-dealkylation sites (tertiary alicyclic amines) is 1. The fourth-order valence-corrected chi connectivity index (χ4v) is 3.76. The van der Waals surface area contributed by atoms with E-state index >= 15 is 0 Å². The molecule has 3 heterocycles. The quantitative estimate of drug-likeness (QED) is 0.756. The van der Waals surface area contributed by atoms with Crippen LogP contribution in [0.25, 0.3) is 0 Å². The minimum atomic E-state index is -0.322. The predicted octanol–water partition coefficient (Wildman–Crippen LogP) is 0.959. The molecule has 1 unspecified atom stereocenters. The van der Waals surface area contributed by atoms with Crippen LogP contribution >= 0.6 is 0 Å². The standard InChI is InChI=1S/C17H26N4O4/c1-23-10-9-20-7-4-5-17(15(20)22)6-8-21(12-17)13-11-14(24-2)19-16(18-13)25-3/h11H,4-10,12H2,1-3H3.